The number of likely N-dealkylation sites (tertiary alicyclic amines) is 1. The van der Waals surface area contributed by atoms with Gasteiger partial charge in [-0.3, -0.25) is 9.89 Å². The Morgan fingerprint density at radius 2 is 1.77 bits per heavy atom. The molecule has 0 bridgehead atoms. The molecule has 1 unspecified atom stereocenters. The van der Waals surface area contributed by atoms with E-state index in [1.807, 2.05) is 12.1 Å². The van der Waals surface area contributed by atoms with E-state index in [9.17, 15) is 0 Å². The molecule has 0 amide bonds. The van der Waals surface area contributed by atoms with Crippen LogP contribution in [0, 0.1) is 0 Å². The molecule has 0 saturated carbocycles. The van der Waals surface area contributed by atoms with Crippen molar-refractivity contribution < 1.29 is 14.2 Å². The van der Waals surface area contributed by atoms with Gasteiger partial charge in [0.05, 0.1) is 21.3 Å². The summed E-state index contributed by atoms with van der Waals surface area (Å²) in [6.45, 7) is 2.93. The summed E-state index contributed by atoms with van der Waals surface area (Å²) in [6, 6.07) is 14.8. The van der Waals surface area contributed by atoms with Gasteiger partial charge in [0.25, 0.3) is 0 Å². The van der Waals surface area contributed by atoms with Gasteiger partial charge >= 0.3 is 0 Å². The van der Waals surface area contributed by atoms with E-state index in [0.29, 0.717) is 29.2 Å². The fraction of sp³-hybridized carbons (Fsp3) is 0.435. The first-order valence-corrected chi connectivity index (χ1v) is 10.2. The second-order valence-corrected chi connectivity index (χ2v) is 7.24. The van der Waals surface area contributed by atoms with Gasteiger partial charge < -0.3 is 24.8 Å². The first-order chi connectivity index (χ1) is 14.7. The summed E-state index contributed by atoms with van der Waals surface area (Å²) in [5.74, 6) is 2.46. The monoisotopic (exact) mass is 412 g/mol. The summed E-state index contributed by atoms with van der Waals surface area (Å²) in [7, 11) is 6.57. The summed E-state index contributed by atoms with van der Waals surface area (Å²) >= 11 is 0. The van der Waals surface area contributed by atoms with Gasteiger partial charge in [-0.05, 0) is 24.9 Å². The van der Waals surface area contributed by atoms with E-state index in [2.05, 4.69) is 50.9 Å². The Morgan fingerprint density at radius 3 is 2.37 bits per heavy atom. The van der Waals surface area contributed by atoms with E-state index in [0.717, 1.165) is 25.3 Å². The topological polar surface area (TPSA) is 67.4 Å². The van der Waals surface area contributed by atoms with E-state index in [4.69, 9.17) is 14.2 Å². The summed E-state index contributed by atoms with van der Waals surface area (Å²) in [5.41, 5.74) is 2.16. The van der Waals surface area contributed by atoms with Crippen molar-refractivity contribution in [2.75, 3.05) is 46.8 Å². The minimum Gasteiger partial charge on any atom is -0.493 e. The molecule has 162 valence electrons. The number of methoxy groups -OCH3 is 3. The van der Waals surface area contributed by atoms with Crippen LogP contribution in [-0.4, -0.2) is 58.4 Å². The minimum atomic E-state index is 0.476. The first-order valence-electron chi connectivity index (χ1n) is 10.2. The lowest BCUT2D eigenvalue weighted by Gasteiger charge is -2.25. The molecular weight excluding hydrogens is 380 g/mol. The van der Waals surface area contributed by atoms with Gasteiger partial charge in [-0.1, -0.05) is 30.3 Å². The van der Waals surface area contributed by atoms with Crippen molar-refractivity contribution in [2.45, 2.75) is 25.4 Å². The van der Waals surface area contributed by atoms with Crippen molar-refractivity contribution in [3.8, 4) is 17.2 Å². The normalized spacial score (nSPS) is 16.9. The Balaban J connectivity index is 1.62. The number of anilines is 1. The van der Waals surface area contributed by atoms with E-state index in [1.54, 1.807) is 28.4 Å². The smallest absolute Gasteiger partial charge is 0.203 e. The van der Waals surface area contributed by atoms with Crippen molar-refractivity contribution in [3.63, 3.8) is 0 Å². The Morgan fingerprint density at radius 1 is 1.07 bits per heavy atom. The number of benzene rings is 2. The number of aliphatic imine (C=N–C) groups is 1. The molecule has 1 heterocycles. The third-order valence-electron chi connectivity index (χ3n) is 5.38. The Labute approximate surface area is 179 Å². The van der Waals surface area contributed by atoms with Crippen LogP contribution in [0.3, 0.4) is 0 Å². The fourth-order valence-electron chi connectivity index (χ4n) is 3.84. The molecule has 30 heavy (non-hydrogen) atoms. The van der Waals surface area contributed by atoms with Crippen molar-refractivity contribution in [1.29, 1.82) is 0 Å². The lowest BCUT2D eigenvalue weighted by molar-refractivity contribution is 0.245. The van der Waals surface area contributed by atoms with Gasteiger partial charge in [0.2, 0.25) is 5.75 Å². The largest absolute Gasteiger partial charge is 0.493 e. The second-order valence-electron chi connectivity index (χ2n) is 7.24. The molecule has 0 aromatic heterocycles. The highest BCUT2D eigenvalue weighted by Gasteiger charge is 2.24. The summed E-state index contributed by atoms with van der Waals surface area (Å²) < 4.78 is 16.3. The van der Waals surface area contributed by atoms with Gasteiger partial charge in [0.1, 0.15) is 0 Å². The van der Waals surface area contributed by atoms with Crippen molar-refractivity contribution in [1.82, 2.24) is 10.2 Å². The summed E-state index contributed by atoms with van der Waals surface area (Å²) in [6.07, 6.45) is 2.40. The average molecular weight is 413 g/mol. The highest BCUT2D eigenvalue weighted by atomic mass is 16.5. The molecule has 1 saturated heterocycles. The fourth-order valence-corrected chi connectivity index (χ4v) is 3.84. The molecule has 0 radical (unpaired) electrons. The SMILES string of the molecule is CN=C(NCC1CCCN1Cc1ccccc1)Nc1cc(OC)c(OC)c(OC)c1. The van der Waals surface area contributed by atoms with Gasteiger partial charge in [-0.25, -0.2) is 0 Å². The molecule has 2 aromatic rings. The highest BCUT2D eigenvalue weighted by Crippen LogP contribution is 2.39. The van der Waals surface area contributed by atoms with E-state index in [-0.39, 0.29) is 0 Å². The lowest BCUT2D eigenvalue weighted by atomic mass is 10.2. The quantitative estimate of drug-likeness (QED) is 0.512. The molecule has 7 heteroatoms. The zero-order valence-electron chi connectivity index (χ0n) is 18.3. The molecule has 1 aliphatic rings. The molecule has 3 rings (SSSR count). The standard InChI is InChI=1S/C23H32N4O3/c1-24-23(26-18-13-20(28-2)22(30-4)21(14-18)29-3)25-15-19-11-8-12-27(19)16-17-9-6-5-7-10-17/h5-7,9-10,13-14,19H,8,11-12,15-16H2,1-4H3,(H2,24,25,26). The van der Waals surface area contributed by atoms with Crippen LogP contribution in [0.4, 0.5) is 5.69 Å². The molecule has 2 aromatic carbocycles. The molecule has 7 nitrogen and oxygen atoms in total. The third-order valence-corrected chi connectivity index (χ3v) is 5.38. The lowest BCUT2D eigenvalue weighted by Crippen LogP contribution is -2.42. The van der Waals surface area contributed by atoms with Crippen molar-refractivity contribution in [3.05, 3.63) is 48.0 Å². The van der Waals surface area contributed by atoms with E-state index in [1.165, 1.54) is 18.4 Å². The van der Waals surface area contributed by atoms with Crippen LogP contribution in [0.25, 0.3) is 0 Å². The maximum absolute atomic E-state index is 5.43. The molecule has 1 aliphatic heterocycles. The predicted octanol–water partition coefficient (Wildman–Crippen LogP) is 3.36. The van der Waals surface area contributed by atoms with E-state index < -0.39 is 0 Å². The average Bonchev–Trinajstić information content (AvgIpc) is 3.23. The molecule has 0 spiro atoms. The van der Waals surface area contributed by atoms with Crippen LogP contribution in [-0.2, 0) is 6.54 Å². The Hall–Kier alpha value is -2.93. The number of hydrogen-bond acceptors (Lipinski definition) is 5. The molecule has 1 fully saturated rings. The van der Waals surface area contributed by atoms with Crippen molar-refractivity contribution >= 4 is 11.6 Å². The number of nitrogens with zero attached hydrogens (tertiary/aromatic N) is 2. The third kappa shape index (κ3) is 5.36. The zero-order chi connectivity index (χ0) is 21.3. The van der Waals surface area contributed by atoms with Crippen LogP contribution in [0.2, 0.25) is 0 Å². The minimum absolute atomic E-state index is 0.476. The van der Waals surface area contributed by atoms with Gasteiger partial charge in [0, 0.05) is 44.0 Å². The summed E-state index contributed by atoms with van der Waals surface area (Å²) in [4.78, 5) is 6.91. The van der Waals surface area contributed by atoms with Crippen LogP contribution < -0.4 is 24.8 Å². The maximum atomic E-state index is 5.43. The molecule has 1 atom stereocenters. The van der Waals surface area contributed by atoms with Gasteiger partial charge in [-0.2, -0.15) is 0 Å². The number of ether oxygens (including phenoxy) is 3. The summed E-state index contributed by atoms with van der Waals surface area (Å²) in [5, 5.41) is 6.79. The predicted molar refractivity (Wildman–Crippen MR) is 121 cm³/mol. The molecule has 2 N–H and O–H groups in total. The number of guanidine groups is 1. The van der Waals surface area contributed by atoms with Gasteiger partial charge in [0.15, 0.2) is 17.5 Å². The molecular formula is C23H32N4O3. The van der Waals surface area contributed by atoms with Crippen LogP contribution in [0.1, 0.15) is 18.4 Å². The first kappa shape index (κ1) is 21.8. The van der Waals surface area contributed by atoms with E-state index >= 15 is 0 Å². The zero-order valence-corrected chi connectivity index (χ0v) is 18.3. The second kappa shape index (κ2) is 10.7. The number of hydrogen-bond donors (Lipinski definition) is 2. The van der Waals surface area contributed by atoms with Crippen LogP contribution in [0.15, 0.2) is 47.5 Å². The molecule has 0 aliphatic carbocycles. The number of nitrogens with one attached hydrogen (secondary N) is 2. The Bertz CT molecular complexity index is 817. The van der Waals surface area contributed by atoms with Crippen LogP contribution >= 0.6 is 0 Å². The van der Waals surface area contributed by atoms with Gasteiger partial charge in [-0.15, -0.1) is 0 Å². The Kier molecular flexibility index (Phi) is 7.79. The van der Waals surface area contributed by atoms with Crippen LogP contribution in [0.5, 0.6) is 17.2 Å². The van der Waals surface area contributed by atoms with Crippen molar-refractivity contribution in [2.24, 2.45) is 4.99 Å². The maximum Gasteiger partial charge on any atom is 0.203 e. The highest BCUT2D eigenvalue weighted by molar-refractivity contribution is 5.94. The number of rotatable bonds is 8.